The zero-order valence-corrected chi connectivity index (χ0v) is 22.2. The standard InChI is InChI=1S/C21H43NO3S.K/c1-3-4-5-6-7-8-9-10-11-12-13-14-15-16-17-18-19-22(2)20-21-26(23,24)25;/h10-11H,3-9,12-21H2,1-2H3,(H,23,24,25);/q;+1/p-1/b11-10-;. The predicted molar refractivity (Wildman–Crippen MR) is 112 cm³/mol. The molecule has 0 aliphatic carbocycles. The van der Waals surface area contributed by atoms with Gasteiger partial charge in [0.1, 0.15) is 0 Å². The summed E-state index contributed by atoms with van der Waals surface area (Å²) in [5, 5.41) is 0. The van der Waals surface area contributed by atoms with Gasteiger partial charge < -0.3 is 9.45 Å². The molecular weight excluding hydrogens is 385 g/mol. The van der Waals surface area contributed by atoms with Gasteiger partial charge in [-0.05, 0) is 45.7 Å². The number of hydrogen-bond acceptors (Lipinski definition) is 4. The third-order valence-corrected chi connectivity index (χ3v) is 5.46. The zero-order chi connectivity index (χ0) is 19.5. The van der Waals surface area contributed by atoms with Gasteiger partial charge in [0.2, 0.25) is 0 Å². The average Bonchev–Trinajstić information content (AvgIpc) is 2.59. The summed E-state index contributed by atoms with van der Waals surface area (Å²) < 4.78 is 31.7. The number of hydrogen-bond donors (Lipinski definition) is 0. The number of unbranched alkanes of at least 4 members (excludes halogenated alkanes) is 12. The van der Waals surface area contributed by atoms with Crippen LogP contribution in [0.25, 0.3) is 0 Å². The molecular formula is C21H42KNO3S. The molecule has 0 bridgehead atoms. The molecule has 0 saturated heterocycles. The predicted octanol–water partition coefficient (Wildman–Crippen LogP) is 2.50. The van der Waals surface area contributed by atoms with Crippen LogP contribution in [0, 0.1) is 0 Å². The van der Waals surface area contributed by atoms with Crippen LogP contribution in [0.5, 0.6) is 0 Å². The summed E-state index contributed by atoms with van der Waals surface area (Å²) in [4.78, 5) is 1.93. The fourth-order valence-electron chi connectivity index (χ4n) is 3.01. The molecule has 0 N–H and O–H groups in total. The fraction of sp³-hybridized carbons (Fsp3) is 0.905. The molecule has 0 fully saturated rings. The molecule has 0 amide bonds. The average molecular weight is 428 g/mol. The van der Waals surface area contributed by atoms with Gasteiger partial charge in [-0.25, -0.2) is 8.42 Å². The van der Waals surface area contributed by atoms with E-state index in [1.807, 2.05) is 11.9 Å². The van der Waals surface area contributed by atoms with Crippen molar-refractivity contribution in [1.29, 1.82) is 0 Å². The molecule has 0 spiro atoms. The maximum Gasteiger partial charge on any atom is 1.00 e. The second-order valence-electron chi connectivity index (χ2n) is 7.50. The van der Waals surface area contributed by atoms with E-state index < -0.39 is 10.1 Å². The quantitative estimate of drug-likeness (QED) is 0.138. The number of rotatable bonds is 19. The summed E-state index contributed by atoms with van der Waals surface area (Å²) in [5.41, 5.74) is 0. The molecule has 0 aliphatic heterocycles. The topological polar surface area (TPSA) is 60.4 Å². The summed E-state index contributed by atoms with van der Waals surface area (Å²) in [6.07, 6.45) is 22.8. The van der Waals surface area contributed by atoms with E-state index in [0.717, 1.165) is 13.0 Å². The Bertz CT molecular complexity index is 427. The van der Waals surface area contributed by atoms with Gasteiger partial charge in [-0.2, -0.15) is 0 Å². The van der Waals surface area contributed by atoms with Gasteiger partial charge in [0, 0.05) is 6.54 Å². The third kappa shape index (κ3) is 27.2. The summed E-state index contributed by atoms with van der Waals surface area (Å²) in [7, 11) is -2.20. The van der Waals surface area contributed by atoms with E-state index in [9.17, 15) is 13.0 Å². The molecule has 0 aromatic carbocycles. The van der Waals surface area contributed by atoms with Crippen molar-refractivity contribution in [3.8, 4) is 0 Å². The van der Waals surface area contributed by atoms with E-state index in [0.29, 0.717) is 6.54 Å². The minimum Gasteiger partial charge on any atom is -0.748 e. The molecule has 0 saturated carbocycles. The van der Waals surface area contributed by atoms with Crippen molar-refractivity contribution in [2.75, 3.05) is 25.9 Å². The van der Waals surface area contributed by atoms with E-state index in [1.54, 1.807) is 0 Å². The maximum atomic E-state index is 10.6. The van der Waals surface area contributed by atoms with Gasteiger partial charge in [0.25, 0.3) is 0 Å². The Balaban J connectivity index is 0. The van der Waals surface area contributed by atoms with E-state index >= 15 is 0 Å². The first-order valence-electron chi connectivity index (χ1n) is 10.7. The second-order valence-corrected chi connectivity index (χ2v) is 9.03. The van der Waals surface area contributed by atoms with Crippen LogP contribution in [-0.4, -0.2) is 43.8 Å². The molecule has 0 heterocycles. The smallest absolute Gasteiger partial charge is 0.748 e. The fourth-order valence-corrected chi connectivity index (χ4v) is 3.54. The Labute approximate surface area is 212 Å². The summed E-state index contributed by atoms with van der Waals surface area (Å²) >= 11 is 0. The SMILES string of the molecule is CCCCCCCC/C=C\CCCCCCCCN(C)CCS(=O)(=O)[O-].[K+]. The molecule has 0 aromatic rings. The maximum absolute atomic E-state index is 10.6. The Hall–Kier alpha value is 1.25. The van der Waals surface area contributed by atoms with Crippen LogP contribution in [-0.2, 0) is 10.1 Å². The Kier molecular flexibility index (Phi) is 24.7. The van der Waals surface area contributed by atoms with Crippen LogP contribution in [0.15, 0.2) is 12.2 Å². The van der Waals surface area contributed by atoms with Gasteiger partial charge >= 0.3 is 51.4 Å². The van der Waals surface area contributed by atoms with Gasteiger partial charge in [-0.3, -0.25) is 0 Å². The zero-order valence-electron chi connectivity index (χ0n) is 18.3. The first-order chi connectivity index (χ1) is 12.5. The van der Waals surface area contributed by atoms with Crippen LogP contribution < -0.4 is 51.4 Å². The van der Waals surface area contributed by atoms with Crippen LogP contribution in [0.4, 0.5) is 0 Å². The Morgan fingerprint density at radius 3 is 1.67 bits per heavy atom. The molecule has 0 aromatic heterocycles. The summed E-state index contributed by atoms with van der Waals surface area (Å²) in [6.45, 7) is 3.48. The number of allylic oxidation sites excluding steroid dienone is 2. The molecule has 4 nitrogen and oxygen atoms in total. The van der Waals surface area contributed by atoms with Gasteiger partial charge in [0.05, 0.1) is 15.9 Å². The van der Waals surface area contributed by atoms with Crippen LogP contribution in [0.3, 0.4) is 0 Å². The first-order valence-corrected chi connectivity index (χ1v) is 12.3. The van der Waals surface area contributed by atoms with E-state index in [2.05, 4.69) is 19.1 Å². The molecule has 0 rings (SSSR count). The van der Waals surface area contributed by atoms with Gasteiger partial charge in [-0.1, -0.05) is 76.9 Å². The molecule has 0 aliphatic rings. The molecule has 0 atom stereocenters. The first kappa shape index (κ1) is 30.4. The largest absolute Gasteiger partial charge is 1.00 e. The minimum atomic E-state index is -4.08. The summed E-state index contributed by atoms with van der Waals surface area (Å²) in [6, 6.07) is 0. The monoisotopic (exact) mass is 427 g/mol. The van der Waals surface area contributed by atoms with Gasteiger partial charge in [0.15, 0.2) is 0 Å². The van der Waals surface area contributed by atoms with Crippen molar-refractivity contribution in [2.45, 2.75) is 96.8 Å². The normalized spacial score (nSPS) is 12.0. The van der Waals surface area contributed by atoms with Crippen molar-refractivity contribution < 1.29 is 64.4 Å². The minimum absolute atomic E-state index is 0. The Morgan fingerprint density at radius 1 is 0.741 bits per heavy atom. The second kappa shape index (κ2) is 21.9. The molecule has 27 heavy (non-hydrogen) atoms. The van der Waals surface area contributed by atoms with Crippen molar-refractivity contribution in [3.05, 3.63) is 12.2 Å². The van der Waals surface area contributed by atoms with E-state index in [1.165, 1.54) is 83.5 Å². The third-order valence-electron chi connectivity index (χ3n) is 4.77. The van der Waals surface area contributed by atoms with E-state index in [4.69, 9.17) is 0 Å². The van der Waals surface area contributed by atoms with Crippen molar-refractivity contribution in [3.63, 3.8) is 0 Å². The van der Waals surface area contributed by atoms with Crippen molar-refractivity contribution >= 4 is 10.1 Å². The van der Waals surface area contributed by atoms with Crippen LogP contribution in [0.2, 0.25) is 0 Å². The summed E-state index contributed by atoms with van der Waals surface area (Å²) in [5.74, 6) is -0.282. The van der Waals surface area contributed by atoms with Gasteiger partial charge in [-0.15, -0.1) is 0 Å². The molecule has 0 unspecified atom stereocenters. The van der Waals surface area contributed by atoms with Crippen molar-refractivity contribution in [2.24, 2.45) is 0 Å². The van der Waals surface area contributed by atoms with Crippen LogP contribution >= 0.6 is 0 Å². The van der Waals surface area contributed by atoms with Crippen molar-refractivity contribution in [1.82, 2.24) is 4.90 Å². The molecule has 156 valence electrons. The van der Waals surface area contributed by atoms with E-state index in [-0.39, 0.29) is 57.1 Å². The molecule has 6 heteroatoms. The van der Waals surface area contributed by atoms with Crippen LogP contribution in [0.1, 0.15) is 96.8 Å². The Morgan fingerprint density at radius 2 is 1.19 bits per heavy atom. The molecule has 0 radical (unpaired) electrons. The number of nitrogens with zero attached hydrogens (tertiary/aromatic N) is 1.